The molecule has 0 radical (unpaired) electrons. The van der Waals surface area contributed by atoms with Gasteiger partial charge in [-0.25, -0.2) is 4.52 Å². The van der Waals surface area contributed by atoms with Crippen molar-refractivity contribution in [2.75, 3.05) is 36.9 Å². The summed E-state index contributed by atoms with van der Waals surface area (Å²) in [6.45, 7) is 8.83. The second-order valence-corrected chi connectivity index (χ2v) is 10.8. The van der Waals surface area contributed by atoms with Crippen molar-refractivity contribution in [1.29, 1.82) is 0 Å². The maximum Gasteiger partial charge on any atom is 0.278 e. The number of hydrogen-bond acceptors (Lipinski definition) is 8. The lowest BCUT2D eigenvalue weighted by molar-refractivity contribution is -0.119. The molecule has 2 atom stereocenters. The predicted molar refractivity (Wildman–Crippen MR) is 149 cm³/mol. The smallest absolute Gasteiger partial charge is 0.278 e. The molecule has 2 N–H and O–H groups in total. The summed E-state index contributed by atoms with van der Waals surface area (Å²) in [4.78, 5) is 32.4. The van der Waals surface area contributed by atoms with E-state index in [1.165, 1.54) is 0 Å². The van der Waals surface area contributed by atoms with E-state index in [1.54, 1.807) is 23.7 Å². The van der Waals surface area contributed by atoms with Crippen LogP contribution in [0.2, 0.25) is 0 Å². The van der Waals surface area contributed by atoms with Crippen LogP contribution < -0.4 is 10.6 Å². The van der Waals surface area contributed by atoms with Gasteiger partial charge in [-0.15, -0.1) is 5.10 Å². The Balaban J connectivity index is 1.14. The molecule has 12 heteroatoms. The normalized spacial score (nSPS) is 19.2. The number of likely N-dealkylation sites (tertiary alicyclic amines) is 1. The first-order chi connectivity index (χ1) is 19.4. The van der Waals surface area contributed by atoms with Crippen molar-refractivity contribution in [2.45, 2.75) is 45.7 Å². The Morgan fingerprint density at radius 2 is 2.00 bits per heavy atom. The summed E-state index contributed by atoms with van der Waals surface area (Å²) in [5.74, 6) is 0.00156. The molecule has 0 spiro atoms. The fourth-order valence-corrected chi connectivity index (χ4v) is 5.35. The monoisotopic (exact) mass is 543 g/mol. The lowest BCUT2D eigenvalue weighted by Crippen LogP contribution is -2.53. The molecule has 2 fully saturated rings. The van der Waals surface area contributed by atoms with E-state index in [0.717, 1.165) is 37.1 Å². The van der Waals surface area contributed by atoms with Crippen LogP contribution in [0, 0.1) is 12.8 Å². The van der Waals surface area contributed by atoms with Gasteiger partial charge in [0, 0.05) is 42.7 Å². The van der Waals surface area contributed by atoms with Gasteiger partial charge >= 0.3 is 0 Å². The maximum absolute atomic E-state index is 13.2. The van der Waals surface area contributed by atoms with E-state index in [1.807, 2.05) is 35.4 Å². The first-order valence-electron chi connectivity index (χ1n) is 13.6. The molecule has 0 saturated carbocycles. The Morgan fingerprint density at radius 1 is 1.12 bits per heavy atom. The van der Waals surface area contributed by atoms with Crippen molar-refractivity contribution in [1.82, 2.24) is 34.5 Å². The molecule has 2 aliphatic rings. The van der Waals surface area contributed by atoms with Crippen molar-refractivity contribution < 1.29 is 14.3 Å². The number of rotatable bonds is 8. The number of aromatic nitrogens is 6. The minimum atomic E-state index is -0.412. The summed E-state index contributed by atoms with van der Waals surface area (Å²) in [5.41, 5.74) is 4.26. The van der Waals surface area contributed by atoms with Gasteiger partial charge in [-0.1, -0.05) is 25.1 Å². The quantitative estimate of drug-likeness (QED) is 0.346. The van der Waals surface area contributed by atoms with Gasteiger partial charge in [0.2, 0.25) is 5.91 Å². The topological polar surface area (TPSA) is 132 Å². The van der Waals surface area contributed by atoms with Gasteiger partial charge in [-0.05, 0) is 37.8 Å². The highest BCUT2D eigenvalue weighted by atomic mass is 16.5. The van der Waals surface area contributed by atoms with Gasteiger partial charge in [-0.3, -0.25) is 24.2 Å². The van der Waals surface area contributed by atoms with E-state index in [9.17, 15) is 9.59 Å². The number of carbonyl (C=O) groups excluding carboxylic acids is 2. The summed E-state index contributed by atoms with van der Waals surface area (Å²) < 4.78 is 8.99. The second-order valence-electron chi connectivity index (χ2n) is 10.8. The number of nitrogens with zero attached hydrogens (tertiary/aromatic N) is 7. The first kappa shape index (κ1) is 26.1. The summed E-state index contributed by atoms with van der Waals surface area (Å²) in [6, 6.07) is 6.15. The zero-order valence-corrected chi connectivity index (χ0v) is 22.9. The molecule has 40 heavy (non-hydrogen) atoms. The third kappa shape index (κ3) is 5.19. The van der Waals surface area contributed by atoms with E-state index >= 15 is 0 Å². The molecule has 4 aromatic heterocycles. The Morgan fingerprint density at radius 3 is 2.75 bits per heavy atom. The Bertz CT molecular complexity index is 1550. The first-order valence-corrected chi connectivity index (χ1v) is 13.6. The van der Waals surface area contributed by atoms with E-state index in [4.69, 9.17) is 4.74 Å². The maximum atomic E-state index is 13.2. The standard InChI is InChI=1S/C28H33N9O3/c1-17(2)24-6-8-35(24)15-26(38)31-21-10-23(18(3)29-12-21)32-28(39)27-25-5-4-19(13-37(25)34-33-27)20-11-30-36(14-20)22-7-9-40-16-22/h4-5,10-14,17,22,24H,6-9,15-16H2,1-3H3,(H,31,38)(H,32,39). The zero-order valence-electron chi connectivity index (χ0n) is 22.9. The number of ether oxygens (including phenoxy) is 1. The van der Waals surface area contributed by atoms with Crippen LogP contribution >= 0.6 is 0 Å². The van der Waals surface area contributed by atoms with Gasteiger partial charge in [-0.2, -0.15) is 5.10 Å². The van der Waals surface area contributed by atoms with Crippen molar-refractivity contribution in [3.05, 3.63) is 54.4 Å². The summed E-state index contributed by atoms with van der Waals surface area (Å²) in [5, 5.41) is 18.6. The lowest BCUT2D eigenvalue weighted by atomic mass is 9.92. The molecule has 2 amide bonds. The van der Waals surface area contributed by atoms with Crippen molar-refractivity contribution in [3.63, 3.8) is 0 Å². The highest BCUT2D eigenvalue weighted by Gasteiger charge is 2.31. The van der Waals surface area contributed by atoms with E-state index in [2.05, 4.69) is 49.8 Å². The highest BCUT2D eigenvalue weighted by molar-refractivity contribution is 6.08. The molecule has 4 aromatic rings. The number of hydrogen-bond donors (Lipinski definition) is 2. The van der Waals surface area contributed by atoms with Crippen LogP contribution in [0.4, 0.5) is 11.4 Å². The van der Waals surface area contributed by atoms with Crippen molar-refractivity contribution >= 4 is 28.7 Å². The molecular formula is C28H33N9O3. The average molecular weight is 544 g/mol. The number of pyridine rings is 2. The number of anilines is 2. The molecule has 0 aromatic carbocycles. The van der Waals surface area contributed by atoms with E-state index in [0.29, 0.717) is 47.7 Å². The molecular weight excluding hydrogens is 510 g/mol. The molecule has 0 bridgehead atoms. The van der Waals surface area contributed by atoms with Crippen molar-refractivity contribution in [2.24, 2.45) is 5.92 Å². The lowest BCUT2D eigenvalue weighted by Gasteiger charge is -2.43. The number of nitrogens with one attached hydrogen (secondary N) is 2. The molecule has 2 unspecified atom stereocenters. The fourth-order valence-electron chi connectivity index (χ4n) is 5.35. The number of carbonyl (C=O) groups is 2. The van der Waals surface area contributed by atoms with Crippen molar-refractivity contribution in [3.8, 4) is 11.1 Å². The van der Waals surface area contributed by atoms with Gasteiger partial charge in [0.25, 0.3) is 5.91 Å². The third-order valence-electron chi connectivity index (χ3n) is 7.76. The van der Waals surface area contributed by atoms with Crippen LogP contribution in [0.15, 0.2) is 43.0 Å². The van der Waals surface area contributed by atoms with E-state index < -0.39 is 5.91 Å². The Hall–Kier alpha value is -4.16. The summed E-state index contributed by atoms with van der Waals surface area (Å²) >= 11 is 0. The van der Waals surface area contributed by atoms with Crippen LogP contribution in [-0.4, -0.2) is 78.7 Å². The minimum absolute atomic E-state index is 0.101. The highest BCUT2D eigenvalue weighted by Crippen LogP contribution is 2.26. The van der Waals surface area contributed by atoms with Crippen LogP contribution in [0.1, 0.15) is 48.9 Å². The van der Waals surface area contributed by atoms with Crippen LogP contribution in [0.25, 0.3) is 16.6 Å². The minimum Gasteiger partial charge on any atom is -0.379 e. The number of amides is 2. The molecule has 6 rings (SSSR count). The molecule has 0 aliphatic carbocycles. The number of fused-ring (bicyclic) bond motifs is 1. The third-order valence-corrected chi connectivity index (χ3v) is 7.76. The van der Waals surface area contributed by atoms with Crippen LogP contribution in [0.3, 0.4) is 0 Å². The number of aryl methyl sites for hydroxylation is 1. The average Bonchev–Trinajstić information content (AvgIpc) is 3.68. The second kappa shape index (κ2) is 10.8. The van der Waals surface area contributed by atoms with Gasteiger partial charge < -0.3 is 15.4 Å². The van der Waals surface area contributed by atoms with Crippen LogP contribution in [0.5, 0.6) is 0 Å². The van der Waals surface area contributed by atoms with Gasteiger partial charge in [0.1, 0.15) is 0 Å². The Kier molecular flexibility index (Phi) is 7.03. The molecule has 6 heterocycles. The molecule has 2 aliphatic heterocycles. The summed E-state index contributed by atoms with van der Waals surface area (Å²) in [6.07, 6.45) is 9.31. The van der Waals surface area contributed by atoms with Gasteiger partial charge in [0.05, 0.1) is 54.2 Å². The SMILES string of the molecule is Cc1ncc(NC(=O)CN2CCC2C(C)C)cc1NC(=O)c1nnn2cc(-c3cnn(C4CCOC4)c3)ccc12. The largest absolute Gasteiger partial charge is 0.379 e. The zero-order chi connectivity index (χ0) is 27.8. The molecule has 208 valence electrons. The summed E-state index contributed by atoms with van der Waals surface area (Å²) in [7, 11) is 0. The molecule has 12 nitrogen and oxygen atoms in total. The Labute approximate surface area is 231 Å². The molecule has 2 saturated heterocycles. The predicted octanol–water partition coefficient (Wildman–Crippen LogP) is 3.18. The van der Waals surface area contributed by atoms with E-state index in [-0.39, 0.29) is 17.6 Å². The van der Waals surface area contributed by atoms with Crippen LogP contribution in [-0.2, 0) is 9.53 Å². The van der Waals surface area contributed by atoms with Gasteiger partial charge in [0.15, 0.2) is 5.69 Å². The fraction of sp³-hybridized carbons (Fsp3) is 0.429.